The lowest BCUT2D eigenvalue weighted by atomic mass is 9.94. The lowest BCUT2D eigenvalue weighted by Gasteiger charge is -2.33. The van der Waals surface area contributed by atoms with Crippen molar-refractivity contribution in [2.24, 2.45) is 5.92 Å². The van der Waals surface area contributed by atoms with Crippen molar-refractivity contribution >= 4 is 17.9 Å². The molecule has 7 heteroatoms. The second-order valence-corrected chi connectivity index (χ2v) is 7.29. The summed E-state index contributed by atoms with van der Waals surface area (Å²) in [4.78, 5) is 25.5. The molecule has 3 rings (SSSR count). The molecular weight excluding hydrogens is 381 g/mol. The molecule has 0 bridgehead atoms. The van der Waals surface area contributed by atoms with Gasteiger partial charge in [-0.25, -0.2) is 0 Å². The molecule has 29 heavy (non-hydrogen) atoms. The van der Waals surface area contributed by atoms with Crippen LogP contribution in [-0.2, 0) is 11.0 Å². The van der Waals surface area contributed by atoms with Gasteiger partial charge in [0.15, 0.2) is 0 Å². The number of piperidine rings is 1. The number of nitrogens with zero attached hydrogens (tertiary/aromatic N) is 1. The largest absolute Gasteiger partial charge is 0.416 e. The van der Waals surface area contributed by atoms with Crippen molar-refractivity contribution in [3.05, 3.63) is 65.2 Å². The van der Waals surface area contributed by atoms with Gasteiger partial charge in [-0.2, -0.15) is 13.2 Å². The minimum atomic E-state index is -4.46. The topological polar surface area (TPSA) is 49.4 Å². The summed E-state index contributed by atoms with van der Waals surface area (Å²) < 4.78 is 39.6. The Bertz CT molecular complexity index is 857. The zero-order chi connectivity index (χ0) is 21.0. The number of hydrogen-bond donors (Lipinski definition) is 1. The van der Waals surface area contributed by atoms with Crippen LogP contribution in [0.5, 0.6) is 0 Å². The van der Waals surface area contributed by atoms with Crippen LogP contribution in [0.15, 0.2) is 48.5 Å². The number of amides is 1. The smallest absolute Gasteiger partial charge is 0.371 e. The van der Waals surface area contributed by atoms with Crippen LogP contribution in [-0.4, -0.2) is 25.3 Å². The zero-order valence-corrected chi connectivity index (χ0v) is 16.1. The Morgan fingerprint density at radius 2 is 1.72 bits per heavy atom. The van der Waals surface area contributed by atoms with Crippen LogP contribution in [0.1, 0.15) is 47.3 Å². The number of hydrogen-bond acceptors (Lipinski definition) is 3. The Labute approximate surface area is 167 Å². The highest BCUT2D eigenvalue weighted by Crippen LogP contribution is 2.34. The van der Waals surface area contributed by atoms with Crippen molar-refractivity contribution in [1.82, 2.24) is 5.32 Å². The van der Waals surface area contributed by atoms with Gasteiger partial charge in [-0.05, 0) is 55.7 Å². The van der Waals surface area contributed by atoms with E-state index in [2.05, 4.69) is 10.2 Å². The van der Waals surface area contributed by atoms with E-state index < -0.39 is 17.8 Å². The standard InChI is InChI=1S/C22H23F3N2O2/c1-15(19-4-2-3-5-20(19)22(23,24)25)26-21(29)17-10-12-27(13-11-17)18-8-6-16(14-28)7-9-18/h2-9,14-15,17H,10-13H2,1H3,(H,26,29)/t15-/m0/s1. The van der Waals surface area contributed by atoms with Crippen molar-refractivity contribution in [1.29, 1.82) is 0 Å². The number of rotatable bonds is 5. The van der Waals surface area contributed by atoms with Crippen molar-refractivity contribution < 1.29 is 22.8 Å². The molecule has 0 aliphatic carbocycles. The predicted molar refractivity (Wildman–Crippen MR) is 105 cm³/mol. The molecule has 1 fully saturated rings. The van der Waals surface area contributed by atoms with Gasteiger partial charge in [0.25, 0.3) is 0 Å². The normalized spacial score (nSPS) is 16.3. The average molecular weight is 404 g/mol. The van der Waals surface area contributed by atoms with Crippen LogP contribution < -0.4 is 10.2 Å². The molecule has 1 N–H and O–H groups in total. The molecule has 1 heterocycles. The van der Waals surface area contributed by atoms with Crippen molar-refractivity contribution in [2.75, 3.05) is 18.0 Å². The van der Waals surface area contributed by atoms with E-state index in [1.54, 1.807) is 25.1 Å². The minimum Gasteiger partial charge on any atom is -0.371 e. The van der Waals surface area contributed by atoms with Crippen LogP contribution in [0.2, 0.25) is 0 Å². The van der Waals surface area contributed by atoms with Crippen LogP contribution in [0.3, 0.4) is 0 Å². The van der Waals surface area contributed by atoms with E-state index in [0.29, 0.717) is 31.5 Å². The Morgan fingerprint density at radius 3 is 2.31 bits per heavy atom. The summed E-state index contributed by atoms with van der Waals surface area (Å²) in [5, 5.41) is 2.75. The van der Waals surface area contributed by atoms with Crippen molar-refractivity contribution in [3.8, 4) is 0 Å². The van der Waals surface area contributed by atoms with Gasteiger partial charge >= 0.3 is 6.18 Å². The maximum Gasteiger partial charge on any atom is 0.416 e. The highest BCUT2D eigenvalue weighted by atomic mass is 19.4. The summed E-state index contributed by atoms with van der Waals surface area (Å²) in [6, 6.07) is 11.8. The molecule has 0 spiro atoms. The summed E-state index contributed by atoms with van der Waals surface area (Å²) in [7, 11) is 0. The van der Waals surface area contributed by atoms with E-state index >= 15 is 0 Å². The molecule has 2 aromatic rings. The van der Waals surface area contributed by atoms with E-state index in [4.69, 9.17) is 0 Å². The SMILES string of the molecule is C[C@H](NC(=O)C1CCN(c2ccc(C=O)cc2)CC1)c1ccccc1C(F)(F)F. The number of halogens is 3. The Hall–Kier alpha value is -2.83. The van der Waals surface area contributed by atoms with E-state index in [-0.39, 0.29) is 17.4 Å². The second-order valence-electron chi connectivity index (χ2n) is 7.29. The highest BCUT2D eigenvalue weighted by molar-refractivity contribution is 5.79. The van der Waals surface area contributed by atoms with Gasteiger partial charge in [0, 0.05) is 30.3 Å². The number of carbonyl (C=O) groups is 2. The van der Waals surface area contributed by atoms with Crippen molar-refractivity contribution in [3.63, 3.8) is 0 Å². The third-order valence-electron chi connectivity index (χ3n) is 5.35. The molecule has 1 aliphatic rings. The summed E-state index contributed by atoms with van der Waals surface area (Å²) in [6.45, 7) is 2.92. The third-order valence-corrected chi connectivity index (χ3v) is 5.35. The molecule has 0 radical (unpaired) electrons. The summed E-state index contributed by atoms with van der Waals surface area (Å²) in [6.07, 6.45) is -2.43. The van der Waals surface area contributed by atoms with Gasteiger partial charge in [0.05, 0.1) is 11.6 Å². The molecule has 1 saturated heterocycles. The maximum absolute atomic E-state index is 13.2. The molecule has 0 unspecified atom stereocenters. The van der Waals surface area contributed by atoms with Crippen LogP contribution in [0, 0.1) is 5.92 Å². The first kappa shape index (κ1) is 20.9. The lowest BCUT2D eigenvalue weighted by Crippen LogP contribution is -2.41. The van der Waals surface area contributed by atoms with Gasteiger partial charge in [-0.1, -0.05) is 18.2 Å². The molecule has 154 valence electrons. The molecule has 0 saturated carbocycles. The predicted octanol–water partition coefficient (Wildman–Crippen LogP) is 4.61. The number of aldehydes is 1. The van der Waals surface area contributed by atoms with Crippen LogP contribution in [0.25, 0.3) is 0 Å². The maximum atomic E-state index is 13.2. The first-order valence-corrected chi connectivity index (χ1v) is 9.56. The molecule has 1 aliphatic heterocycles. The van der Waals surface area contributed by atoms with Gasteiger partial charge in [-0.15, -0.1) is 0 Å². The van der Waals surface area contributed by atoms with Crippen LogP contribution >= 0.6 is 0 Å². The fourth-order valence-electron chi connectivity index (χ4n) is 3.71. The first-order valence-electron chi connectivity index (χ1n) is 9.56. The minimum absolute atomic E-state index is 0.0704. The van der Waals surface area contributed by atoms with Crippen molar-refractivity contribution in [2.45, 2.75) is 32.0 Å². The van der Waals surface area contributed by atoms with E-state index in [0.717, 1.165) is 18.0 Å². The highest BCUT2D eigenvalue weighted by Gasteiger charge is 2.35. The molecule has 0 aromatic heterocycles. The number of alkyl halides is 3. The fourth-order valence-corrected chi connectivity index (χ4v) is 3.71. The Morgan fingerprint density at radius 1 is 1.10 bits per heavy atom. The lowest BCUT2D eigenvalue weighted by molar-refractivity contribution is -0.139. The van der Waals surface area contributed by atoms with E-state index in [1.807, 2.05) is 12.1 Å². The number of benzene rings is 2. The third kappa shape index (κ3) is 4.96. The van der Waals surface area contributed by atoms with Gasteiger partial charge in [-0.3, -0.25) is 9.59 Å². The Balaban J connectivity index is 1.59. The van der Waals surface area contributed by atoms with Gasteiger partial charge < -0.3 is 10.2 Å². The number of anilines is 1. The zero-order valence-electron chi connectivity index (χ0n) is 16.1. The average Bonchev–Trinajstić information content (AvgIpc) is 2.73. The summed E-state index contributed by atoms with van der Waals surface area (Å²) in [5.41, 5.74) is 0.945. The summed E-state index contributed by atoms with van der Waals surface area (Å²) >= 11 is 0. The number of nitrogens with one attached hydrogen (secondary N) is 1. The Kier molecular flexibility index (Phi) is 6.25. The second kappa shape index (κ2) is 8.68. The molecule has 2 aromatic carbocycles. The fraction of sp³-hybridized carbons (Fsp3) is 0.364. The quantitative estimate of drug-likeness (QED) is 0.741. The van der Waals surface area contributed by atoms with E-state index in [1.165, 1.54) is 12.1 Å². The number of carbonyl (C=O) groups excluding carboxylic acids is 2. The van der Waals surface area contributed by atoms with Gasteiger partial charge in [0.1, 0.15) is 6.29 Å². The molecule has 1 atom stereocenters. The van der Waals surface area contributed by atoms with E-state index in [9.17, 15) is 22.8 Å². The summed E-state index contributed by atoms with van der Waals surface area (Å²) in [5.74, 6) is -0.452. The molecule has 4 nitrogen and oxygen atoms in total. The molecular formula is C22H23F3N2O2. The first-order chi connectivity index (χ1) is 13.8. The molecule has 1 amide bonds. The monoisotopic (exact) mass is 404 g/mol. The van der Waals surface area contributed by atoms with Gasteiger partial charge in [0.2, 0.25) is 5.91 Å². The van der Waals surface area contributed by atoms with Crippen LogP contribution in [0.4, 0.5) is 18.9 Å².